The van der Waals surface area contributed by atoms with E-state index in [9.17, 15) is 15.4 Å². The predicted molar refractivity (Wildman–Crippen MR) is 204 cm³/mol. The summed E-state index contributed by atoms with van der Waals surface area (Å²) in [7, 11) is -0.830. The summed E-state index contributed by atoms with van der Waals surface area (Å²) in [5.74, 6) is 6.40. The van der Waals surface area contributed by atoms with Crippen LogP contribution in [0.15, 0.2) is 102 Å². The Morgan fingerprint density at radius 2 is 1.37 bits per heavy atom. The fourth-order valence-electron chi connectivity index (χ4n) is 5.90. The number of nitriles is 1. The molecule has 59 heavy (non-hydrogen) atoms. The number of hydrogen-bond donors (Lipinski definition) is 0. The maximum atomic E-state index is 15.3. The van der Waals surface area contributed by atoms with Crippen molar-refractivity contribution in [1.29, 1.82) is 5.26 Å². The van der Waals surface area contributed by atoms with Crippen LogP contribution in [-0.2, 0) is 35.8 Å². The number of methoxy groups -OCH3 is 3. The molecule has 300 valence electrons. The molecule has 15 nitrogen and oxygen atoms in total. The lowest BCUT2D eigenvalue weighted by Crippen LogP contribution is -2.32. The SMILES string of the molecule is COc1ccc(CN(Cc2ccc(OC)cc2)S(=O)(=O)c2c(C(F)(F)F)ccc(C#Cc3cnc(C#N)c([N+](=O)[O-])c3)c2-c2nnnn2Cc2ccc(OC)cc2)cc1. The molecule has 0 N–H and O–H groups in total. The van der Waals surface area contributed by atoms with Gasteiger partial charge in [-0.3, -0.25) is 10.1 Å². The lowest BCUT2D eigenvalue weighted by molar-refractivity contribution is -0.385. The van der Waals surface area contributed by atoms with Crippen LogP contribution in [0.4, 0.5) is 18.9 Å². The van der Waals surface area contributed by atoms with Gasteiger partial charge < -0.3 is 14.2 Å². The maximum absolute atomic E-state index is 15.3. The highest BCUT2D eigenvalue weighted by Gasteiger charge is 2.43. The van der Waals surface area contributed by atoms with E-state index in [1.165, 1.54) is 21.3 Å². The number of nitrogens with zero attached hydrogens (tertiary/aromatic N) is 8. The van der Waals surface area contributed by atoms with Crippen molar-refractivity contribution in [1.82, 2.24) is 29.5 Å². The summed E-state index contributed by atoms with van der Waals surface area (Å²) in [6.45, 7) is -0.896. The first kappa shape index (κ1) is 41.3. The van der Waals surface area contributed by atoms with E-state index in [2.05, 4.69) is 32.4 Å². The van der Waals surface area contributed by atoms with Gasteiger partial charge in [-0.05, 0) is 75.6 Å². The summed E-state index contributed by atoms with van der Waals surface area (Å²) in [5, 5.41) is 32.7. The Morgan fingerprint density at radius 1 is 0.831 bits per heavy atom. The van der Waals surface area contributed by atoms with Crippen LogP contribution in [0.2, 0.25) is 0 Å². The minimum Gasteiger partial charge on any atom is -0.497 e. The predicted octanol–water partition coefficient (Wildman–Crippen LogP) is 6.40. The summed E-state index contributed by atoms with van der Waals surface area (Å²) < 4.78 is 94.0. The van der Waals surface area contributed by atoms with Gasteiger partial charge in [0.25, 0.3) is 0 Å². The number of aromatic nitrogens is 5. The van der Waals surface area contributed by atoms with E-state index in [-0.39, 0.29) is 36.6 Å². The van der Waals surface area contributed by atoms with Gasteiger partial charge in [-0.2, -0.15) is 22.7 Å². The zero-order chi connectivity index (χ0) is 42.3. The van der Waals surface area contributed by atoms with Gasteiger partial charge in [-0.1, -0.05) is 48.2 Å². The second-order valence-electron chi connectivity index (χ2n) is 12.6. The third-order valence-electron chi connectivity index (χ3n) is 8.86. The van der Waals surface area contributed by atoms with E-state index < -0.39 is 48.5 Å². The van der Waals surface area contributed by atoms with Crippen LogP contribution in [0.25, 0.3) is 11.4 Å². The molecule has 0 amide bonds. The molecule has 0 atom stereocenters. The number of tetrazole rings is 1. The summed E-state index contributed by atoms with van der Waals surface area (Å²) in [5.41, 5.74) is -2.20. The smallest absolute Gasteiger partial charge is 0.417 e. The Labute approximate surface area is 335 Å². The third-order valence-corrected chi connectivity index (χ3v) is 10.7. The van der Waals surface area contributed by atoms with Crippen molar-refractivity contribution in [3.63, 3.8) is 0 Å². The van der Waals surface area contributed by atoms with Crippen LogP contribution in [-0.4, -0.2) is 64.2 Å². The number of nitro groups is 1. The molecule has 0 unspecified atom stereocenters. The van der Waals surface area contributed by atoms with Crippen molar-refractivity contribution in [2.45, 2.75) is 30.7 Å². The zero-order valence-electron chi connectivity index (χ0n) is 31.3. The Kier molecular flexibility index (Phi) is 12.2. The molecular formula is C40H31F3N8O7S. The summed E-state index contributed by atoms with van der Waals surface area (Å²) >= 11 is 0. The number of rotatable bonds is 13. The molecule has 0 spiro atoms. The van der Waals surface area contributed by atoms with Crippen LogP contribution >= 0.6 is 0 Å². The van der Waals surface area contributed by atoms with Crippen molar-refractivity contribution in [2.75, 3.05) is 21.3 Å². The maximum Gasteiger partial charge on any atom is 0.417 e. The molecule has 0 aliphatic heterocycles. The molecule has 2 heterocycles. The van der Waals surface area contributed by atoms with Gasteiger partial charge in [-0.25, -0.2) is 18.1 Å². The van der Waals surface area contributed by atoms with Crippen LogP contribution in [0.3, 0.4) is 0 Å². The molecule has 0 fully saturated rings. The molecule has 0 aliphatic rings. The molecule has 0 aliphatic carbocycles. The quantitative estimate of drug-likeness (QED) is 0.0710. The lowest BCUT2D eigenvalue weighted by Gasteiger charge is -2.26. The van der Waals surface area contributed by atoms with Crippen molar-refractivity contribution < 1.29 is 40.7 Å². The van der Waals surface area contributed by atoms with E-state index in [1.807, 2.05) is 0 Å². The average molecular weight is 825 g/mol. The number of hydrogen-bond acceptors (Lipinski definition) is 12. The van der Waals surface area contributed by atoms with Gasteiger partial charge in [0.1, 0.15) is 28.2 Å². The molecule has 4 aromatic carbocycles. The van der Waals surface area contributed by atoms with Crippen LogP contribution < -0.4 is 14.2 Å². The first-order chi connectivity index (χ1) is 28.2. The minimum absolute atomic E-state index is 0.0931. The number of pyridine rings is 1. The van der Waals surface area contributed by atoms with E-state index in [4.69, 9.17) is 14.2 Å². The molecule has 6 aromatic rings. The minimum atomic E-state index is -5.24. The average Bonchev–Trinajstić information content (AvgIpc) is 3.70. The van der Waals surface area contributed by atoms with Crippen molar-refractivity contribution in [2.24, 2.45) is 0 Å². The zero-order valence-corrected chi connectivity index (χ0v) is 32.2. The molecule has 6 rings (SSSR count). The fourth-order valence-corrected chi connectivity index (χ4v) is 7.72. The lowest BCUT2D eigenvalue weighted by atomic mass is 10.0. The van der Waals surface area contributed by atoms with E-state index in [0.29, 0.717) is 40.0 Å². The summed E-state index contributed by atoms with van der Waals surface area (Å²) in [4.78, 5) is 13.4. The molecule has 19 heteroatoms. The van der Waals surface area contributed by atoms with Crippen molar-refractivity contribution in [3.8, 4) is 46.5 Å². The molecule has 0 radical (unpaired) electrons. The monoisotopic (exact) mass is 824 g/mol. The number of halogens is 3. The second kappa shape index (κ2) is 17.4. The summed E-state index contributed by atoms with van der Waals surface area (Å²) in [6.07, 6.45) is -4.17. The second-order valence-corrected chi connectivity index (χ2v) is 14.4. The molecule has 0 saturated carbocycles. The topological polar surface area (TPSA) is 188 Å². The van der Waals surface area contributed by atoms with Gasteiger partial charge in [0.15, 0.2) is 5.82 Å². The Hall–Kier alpha value is -7.35. The highest BCUT2D eigenvalue weighted by Crippen LogP contribution is 2.42. The Balaban J connectivity index is 1.62. The number of sulfonamides is 1. The molecule has 2 aromatic heterocycles. The van der Waals surface area contributed by atoms with Gasteiger partial charge in [0.2, 0.25) is 15.7 Å². The number of ether oxygens (including phenoxy) is 3. The van der Waals surface area contributed by atoms with Crippen molar-refractivity contribution in [3.05, 3.63) is 146 Å². The molecule has 0 saturated heterocycles. The first-order valence-electron chi connectivity index (χ1n) is 17.2. The fraction of sp³-hybridized carbons (Fsp3) is 0.175. The van der Waals surface area contributed by atoms with E-state index in [0.717, 1.165) is 27.3 Å². The highest BCUT2D eigenvalue weighted by atomic mass is 32.2. The van der Waals surface area contributed by atoms with Gasteiger partial charge in [0.05, 0.1) is 49.5 Å². The van der Waals surface area contributed by atoms with Gasteiger partial charge in [-0.15, -0.1) is 5.10 Å². The summed E-state index contributed by atoms with van der Waals surface area (Å²) in [6, 6.07) is 23.5. The van der Waals surface area contributed by atoms with Crippen LogP contribution in [0, 0.1) is 33.3 Å². The Morgan fingerprint density at radius 3 is 1.86 bits per heavy atom. The molecule has 0 bridgehead atoms. The van der Waals surface area contributed by atoms with Gasteiger partial charge in [0, 0.05) is 30.9 Å². The standard InChI is InChI=1S/C40H31F3N8O7S/c1-56-31-13-5-26(6-14-31)23-49(24-27-7-15-32(57-2)16-8-27)59(54,55)38-34(40(41,42)43)19-12-30(11-4-29-20-36(51(52)53)35(21-44)45-22-29)37(38)39-46-47-48-50(39)25-28-9-17-33(58-3)18-10-28/h5-10,12-20,22H,23-25H2,1-3H3. The number of benzene rings is 4. The normalized spacial score (nSPS) is 11.4. The van der Waals surface area contributed by atoms with E-state index in [1.54, 1.807) is 78.9 Å². The van der Waals surface area contributed by atoms with E-state index >= 15 is 21.6 Å². The van der Waals surface area contributed by atoms with Crippen LogP contribution in [0.5, 0.6) is 17.2 Å². The highest BCUT2D eigenvalue weighted by molar-refractivity contribution is 7.89. The van der Waals surface area contributed by atoms with Gasteiger partial charge >= 0.3 is 11.9 Å². The Bertz CT molecular complexity index is 2660. The van der Waals surface area contributed by atoms with Crippen molar-refractivity contribution >= 4 is 15.7 Å². The third kappa shape index (κ3) is 9.28. The number of alkyl halides is 3. The van der Waals surface area contributed by atoms with Crippen LogP contribution in [0.1, 0.15) is 39.1 Å². The largest absolute Gasteiger partial charge is 0.497 e. The molecular weight excluding hydrogens is 794 g/mol. The first-order valence-corrected chi connectivity index (χ1v) is 18.7.